The summed E-state index contributed by atoms with van der Waals surface area (Å²) in [4.78, 5) is 4.31. The second-order valence-electron chi connectivity index (χ2n) is 6.37. The Morgan fingerprint density at radius 2 is 2.21 bits per heavy atom. The van der Waals surface area contributed by atoms with Gasteiger partial charge < -0.3 is 5.11 Å². The molecule has 0 saturated heterocycles. The van der Waals surface area contributed by atoms with Crippen LogP contribution < -0.4 is 0 Å². The van der Waals surface area contributed by atoms with Crippen molar-refractivity contribution in [2.75, 3.05) is 0 Å². The monoisotopic (exact) mass is 265 g/mol. The molecule has 0 aromatic carbocycles. The number of aliphatic hydroxyl groups excluding tert-OH is 1. The van der Waals surface area contributed by atoms with E-state index in [1.165, 1.54) is 19.3 Å². The van der Waals surface area contributed by atoms with Gasteiger partial charge >= 0.3 is 0 Å². The summed E-state index contributed by atoms with van der Waals surface area (Å²) in [6, 6.07) is 0. The summed E-state index contributed by atoms with van der Waals surface area (Å²) < 4.78 is 1.94. The lowest BCUT2D eigenvalue weighted by Crippen LogP contribution is -2.23. The van der Waals surface area contributed by atoms with Crippen molar-refractivity contribution in [3.63, 3.8) is 0 Å². The number of hydrogen-bond acceptors (Lipinski definition) is 3. The fourth-order valence-corrected chi connectivity index (χ4v) is 3.13. The molecule has 1 heterocycles. The maximum absolute atomic E-state index is 10.4. The number of aliphatic hydroxyl groups is 1. The summed E-state index contributed by atoms with van der Waals surface area (Å²) in [5, 5.41) is 14.7. The lowest BCUT2D eigenvalue weighted by molar-refractivity contribution is 0.105. The molecule has 1 aromatic heterocycles. The first kappa shape index (κ1) is 14.5. The number of hydrogen-bond donors (Lipinski definition) is 1. The summed E-state index contributed by atoms with van der Waals surface area (Å²) in [6.07, 6.45) is 6.85. The standard InChI is InChI=1S/C15H27N3O/c1-4-12-5-6-13(7-12)14(19)8-15-16-10-17-18(15)9-11(2)3/h10-14,19H,4-9H2,1-3H3. The maximum atomic E-state index is 10.4. The van der Waals surface area contributed by atoms with Gasteiger partial charge in [-0.3, -0.25) is 0 Å². The van der Waals surface area contributed by atoms with Gasteiger partial charge in [-0.25, -0.2) is 9.67 Å². The number of nitrogens with zero attached hydrogens (tertiary/aromatic N) is 3. The fourth-order valence-electron chi connectivity index (χ4n) is 3.13. The highest BCUT2D eigenvalue weighted by atomic mass is 16.3. The third-order valence-corrected chi connectivity index (χ3v) is 4.33. The molecule has 1 aromatic rings. The number of aromatic nitrogens is 3. The SMILES string of the molecule is CCC1CCC(C(O)Cc2ncnn2CC(C)C)C1. The van der Waals surface area contributed by atoms with E-state index in [0.29, 0.717) is 18.3 Å². The molecular weight excluding hydrogens is 238 g/mol. The van der Waals surface area contributed by atoms with Crippen LogP contribution in [-0.2, 0) is 13.0 Å². The Morgan fingerprint density at radius 1 is 1.42 bits per heavy atom. The second kappa shape index (κ2) is 6.51. The highest BCUT2D eigenvalue weighted by molar-refractivity contribution is 4.91. The molecule has 1 aliphatic rings. The molecule has 108 valence electrons. The normalized spacial score (nSPS) is 25.1. The van der Waals surface area contributed by atoms with Gasteiger partial charge in [-0.15, -0.1) is 0 Å². The minimum absolute atomic E-state index is 0.258. The van der Waals surface area contributed by atoms with Gasteiger partial charge in [0.15, 0.2) is 0 Å². The quantitative estimate of drug-likeness (QED) is 0.860. The van der Waals surface area contributed by atoms with E-state index in [9.17, 15) is 5.11 Å². The molecule has 0 amide bonds. The molecule has 4 nitrogen and oxygen atoms in total. The van der Waals surface area contributed by atoms with Crippen LogP contribution >= 0.6 is 0 Å². The first-order valence-corrected chi connectivity index (χ1v) is 7.64. The molecule has 0 aliphatic heterocycles. The van der Waals surface area contributed by atoms with Crippen molar-refractivity contribution >= 4 is 0 Å². The Hall–Kier alpha value is -0.900. The van der Waals surface area contributed by atoms with Crippen LogP contribution in [0.3, 0.4) is 0 Å². The zero-order valence-electron chi connectivity index (χ0n) is 12.4. The molecule has 0 bridgehead atoms. The molecule has 4 heteroatoms. The molecule has 3 atom stereocenters. The Bertz CT molecular complexity index is 388. The van der Waals surface area contributed by atoms with Gasteiger partial charge in [0.2, 0.25) is 0 Å². The van der Waals surface area contributed by atoms with Crippen LogP contribution in [0.1, 0.15) is 52.3 Å². The van der Waals surface area contributed by atoms with Crippen LogP contribution in [0.5, 0.6) is 0 Å². The van der Waals surface area contributed by atoms with Gasteiger partial charge in [0.05, 0.1) is 6.10 Å². The fraction of sp³-hybridized carbons (Fsp3) is 0.867. The first-order chi connectivity index (χ1) is 9.10. The van der Waals surface area contributed by atoms with Crippen molar-refractivity contribution in [3.8, 4) is 0 Å². The zero-order chi connectivity index (χ0) is 13.8. The largest absolute Gasteiger partial charge is 0.392 e. The lowest BCUT2D eigenvalue weighted by atomic mass is 9.95. The van der Waals surface area contributed by atoms with Crippen LogP contribution in [0.15, 0.2) is 6.33 Å². The molecule has 1 saturated carbocycles. The van der Waals surface area contributed by atoms with Crippen LogP contribution in [-0.4, -0.2) is 26.0 Å². The molecule has 2 rings (SSSR count). The highest BCUT2D eigenvalue weighted by Crippen LogP contribution is 2.35. The molecule has 1 aliphatic carbocycles. The van der Waals surface area contributed by atoms with Crippen molar-refractivity contribution < 1.29 is 5.11 Å². The summed E-state index contributed by atoms with van der Waals surface area (Å²) in [5.41, 5.74) is 0. The lowest BCUT2D eigenvalue weighted by Gasteiger charge is -2.18. The van der Waals surface area contributed by atoms with Crippen LogP contribution in [0, 0.1) is 17.8 Å². The highest BCUT2D eigenvalue weighted by Gasteiger charge is 2.29. The van der Waals surface area contributed by atoms with E-state index in [0.717, 1.165) is 24.7 Å². The van der Waals surface area contributed by atoms with Gasteiger partial charge in [-0.1, -0.05) is 33.6 Å². The van der Waals surface area contributed by atoms with Crippen LogP contribution in [0.2, 0.25) is 0 Å². The minimum atomic E-state index is -0.258. The molecule has 1 fully saturated rings. The molecule has 0 spiro atoms. The smallest absolute Gasteiger partial charge is 0.138 e. The van der Waals surface area contributed by atoms with Gasteiger partial charge in [0.25, 0.3) is 0 Å². The molecular formula is C15H27N3O. The zero-order valence-corrected chi connectivity index (χ0v) is 12.4. The predicted molar refractivity (Wildman–Crippen MR) is 75.7 cm³/mol. The Morgan fingerprint density at radius 3 is 2.84 bits per heavy atom. The van der Waals surface area contributed by atoms with E-state index < -0.39 is 0 Å². The summed E-state index contributed by atoms with van der Waals surface area (Å²) >= 11 is 0. The Labute approximate surface area is 116 Å². The van der Waals surface area contributed by atoms with Crippen LogP contribution in [0.4, 0.5) is 0 Å². The van der Waals surface area contributed by atoms with Crippen molar-refractivity contribution in [2.45, 2.75) is 65.5 Å². The van der Waals surface area contributed by atoms with Gasteiger partial charge in [0.1, 0.15) is 12.2 Å². The summed E-state index contributed by atoms with van der Waals surface area (Å²) in [6.45, 7) is 7.47. The van der Waals surface area contributed by atoms with E-state index >= 15 is 0 Å². The molecule has 19 heavy (non-hydrogen) atoms. The molecule has 0 radical (unpaired) electrons. The third-order valence-electron chi connectivity index (χ3n) is 4.33. The van der Waals surface area contributed by atoms with Crippen molar-refractivity contribution in [2.24, 2.45) is 17.8 Å². The summed E-state index contributed by atoms with van der Waals surface area (Å²) in [7, 11) is 0. The van der Waals surface area contributed by atoms with E-state index in [-0.39, 0.29) is 6.10 Å². The van der Waals surface area contributed by atoms with Crippen LogP contribution in [0.25, 0.3) is 0 Å². The van der Waals surface area contributed by atoms with E-state index in [4.69, 9.17) is 0 Å². The average molecular weight is 265 g/mol. The number of rotatable bonds is 6. The van der Waals surface area contributed by atoms with Gasteiger partial charge in [-0.2, -0.15) is 5.10 Å². The molecule has 3 unspecified atom stereocenters. The van der Waals surface area contributed by atoms with Crippen molar-refractivity contribution in [1.29, 1.82) is 0 Å². The van der Waals surface area contributed by atoms with E-state index in [2.05, 4.69) is 30.9 Å². The van der Waals surface area contributed by atoms with Gasteiger partial charge in [0, 0.05) is 13.0 Å². The minimum Gasteiger partial charge on any atom is -0.392 e. The van der Waals surface area contributed by atoms with Crippen molar-refractivity contribution in [3.05, 3.63) is 12.2 Å². The van der Waals surface area contributed by atoms with Gasteiger partial charge in [-0.05, 0) is 30.6 Å². The Balaban J connectivity index is 1.92. The molecule has 1 N–H and O–H groups in total. The summed E-state index contributed by atoms with van der Waals surface area (Å²) in [5.74, 6) is 2.75. The Kier molecular flexibility index (Phi) is 4.97. The van der Waals surface area contributed by atoms with E-state index in [1.807, 2.05) is 4.68 Å². The van der Waals surface area contributed by atoms with Crippen molar-refractivity contribution in [1.82, 2.24) is 14.8 Å². The third kappa shape index (κ3) is 3.78. The topological polar surface area (TPSA) is 50.9 Å². The maximum Gasteiger partial charge on any atom is 0.138 e. The average Bonchev–Trinajstić information content (AvgIpc) is 2.98. The predicted octanol–water partition coefficient (Wildman–Crippen LogP) is 2.66. The first-order valence-electron chi connectivity index (χ1n) is 7.64. The van der Waals surface area contributed by atoms with E-state index in [1.54, 1.807) is 6.33 Å². The second-order valence-corrected chi connectivity index (χ2v) is 6.37.